The number of nitriles is 1. The van der Waals surface area contributed by atoms with Gasteiger partial charge in [-0.05, 0) is 26.0 Å². The Bertz CT molecular complexity index is 1030. The number of nitrogens with one attached hydrogen (secondary N) is 3. The van der Waals surface area contributed by atoms with Crippen LogP contribution in [-0.2, 0) is 10.5 Å². The highest BCUT2D eigenvalue weighted by Crippen LogP contribution is 2.39. The molecule has 0 aliphatic carbocycles. The van der Waals surface area contributed by atoms with E-state index in [1.807, 2.05) is 0 Å². The number of hydrazine groups is 1. The second-order valence-corrected chi connectivity index (χ2v) is 7.53. The molecule has 1 aromatic carbocycles. The summed E-state index contributed by atoms with van der Waals surface area (Å²) in [5, 5.41) is 26.3. The van der Waals surface area contributed by atoms with Crippen LogP contribution in [0.5, 0.6) is 11.6 Å². The molecule has 0 fully saturated rings. The van der Waals surface area contributed by atoms with E-state index in [-0.39, 0.29) is 38.1 Å². The summed E-state index contributed by atoms with van der Waals surface area (Å²) in [4.78, 5) is 22.1. The van der Waals surface area contributed by atoms with Crippen LogP contribution in [0, 0.1) is 11.3 Å². The molecule has 14 heteroatoms. The van der Waals surface area contributed by atoms with E-state index >= 15 is 0 Å². The lowest BCUT2D eigenvalue weighted by atomic mass is 10.0. The van der Waals surface area contributed by atoms with Crippen molar-refractivity contribution in [3.8, 4) is 17.7 Å². The fourth-order valence-electron chi connectivity index (χ4n) is 2.15. The first-order valence-electron chi connectivity index (χ1n) is 8.26. The summed E-state index contributed by atoms with van der Waals surface area (Å²) in [6.07, 6.45) is -1.61. The van der Waals surface area contributed by atoms with Gasteiger partial charge in [-0.25, -0.2) is 14.6 Å². The van der Waals surface area contributed by atoms with Crippen LogP contribution < -0.4 is 20.9 Å². The van der Waals surface area contributed by atoms with Gasteiger partial charge in [-0.2, -0.15) is 5.26 Å². The molecule has 0 aliphatic rings. The van der Waals surface area contributed by atoms with Gasteiger partial charge in [0.25, 0.3) is 5.91 Å². The number of carboxylic acid groups (broad SMARTS) is 1. The van der Waals surface area contributed by atoms with Gasteiger partial charge in [0.2, 0.25) is 5.88 Å². The predicted octanol–water partition coefficient (Wildman–Crippen LogP) is 4.04. The number of rotatable bonds is 7. The van der Waals surface area contributed by atoms with E-state index in [1.54, 1.807) is 6.07 Å². The second-order valence-electron chi connectivity index (χ2n) is 6.36. The van der Waals surface area contributed by atoms with Crippen LogP contribution in [0.1, 0.15) is 19.4 Å². The number of aromatic nitrogens is 2. The minimum absolute atomic E-state index is 0.00176. The zero-order chi connectivity index (χ0) is 23.3. The summed E-state index contributed by atoms with van der Waals surface area (Å²) >= 11 is 18.2. The maximum atomic E-state index is 14.3. The number of halogens is 4. The molecular weight excluding hydrogens is 478 g/mol. The van der Waals surface area contributed by atoms with Crippen LogP contribution in [0.4, 0.5) is 14.9 Å². The molecule has 1 unspecified atom stereocenters. The van der Waals surface area contributed by atoms with E-state index in [9.17, 15) is 14.0 Å². The topological polar surface area (TPSA) is 149 Å². The Morgan fingerprint density at radius 2 is 1.84 bits per heavy atom. The SMILES string of the molecule is CC(C)(F)c1cc(Oc2c(Cl)cc(NNC(C#N)C(=O)NC(=O)O)cc2Cl)nnc1Cl. The van der Waals surface area contributed by atoms with Crippen molar-refractivity contribution in [2.45, 2.75) is 25.6 Å². The molecule has 1 heterocycles. The smallest absolute Gasteiger partial charge is 0.411 e. The number of carbonyl (C=O) groups excluding carboxylic acids is 1. The third-order valence-corrected chi connectivity index (χ3v) is 4.39. The molecule has 10 nitrogen and oxygen atoms in total. The van der Waals surface area contributed by atoms with Gasteiger partial charge >= 0.3 is 6.09 Å². The third kappa shape index (κ3) is 6.53. The summed E-state index contributed by atoms with van der Waals surface area (Å²) < 4.78 is 19.8. The van der Waals surface area contributed by atoms with E-state index in [1.165, 1.54) is 37.4 Å². The number of imide groups is 1. The van der Waals surface area contributed by atoms with E-state index in [0.717, 1.165) is 0 Å². The number of alkyl halides is 1. The molecule has 0 bridgehead atoms. The lowest BCUT2D eigenvalue weighted by molar-refractivity contribution is -0.120. The van der Waals surface area contributed by atoms with Gasteiger partial charge in [0.05, 0.1) is 21.8 Å². The van der Waals surface area contributed by atoms with Crippen LogP contribution in [0.3, 0.4) is 0 Å². The molecule has 0 saturated carbocycles. The van der Waals surface area contributed by atoms with Crippen LogP contribution in [0.15, 0.2) is 18.2 Å². The molecule has 2 rings (SSSR count). The Labute approximate surface area is 190 Å². The molecular formula is C17H14Cl3FN6O4. The number of nitrogens with zero attached hydrogens (tertiary/aromatic N) is 3. The number of amides is 2. The molecule has 0 saturated heterocycles. The zero-order valence-corrected chi connectivity index (χ0v) is 18.1. The number of hydrogen-bond acceptors (Lipinski definition) is 8. The van der Waals surface area contributed by atoms with Crippen molar-refractivity contribution in [2.24, 2.45) is 0 Å². The zero-order valence-electron chi connectivity index (χ0n) is 15.8. The average Bonchev–Trinajstić information content (AvgIpc) is 2.65. The molecule has 31 heavy (non-hydrogen) atoms. The molecule has 4 N–H and O–H groups in total. The van der Waals surface area contributed by atoms with Crippen LogP contribution in [0.25, 0.3) is 0 Å². The first-order chi connectivity index (χ1) is 14.4. The number of benzene rings is 1. The predicted molar refractivity (Wildman–Crippen MR) is 110 cm³/mol. The van der Waals surface area contributed by atoms with Gasteiger partial charge in [0.15, 0.2) is 16.9 Å². The Morgan fingerprint density at radius 3 is 2.35 bits per heavy atom. The van der Waals surface area contributed by atoms with Crippen molar-refractivity contribution in [1.29, 1.82) is 5.26 Å². The van der Waals surface area contributed by atoms with E-state index in [4.69, 9.17) is 49.9 Å². The van der Waals surface area contributed by atoms with Crippen molar-refractivity contribution in [2.75, 3.05) is 5.43 Å². The Kier molecular flexibility index (Phi) is 7.80. The fourth-order valence-corrected chi connectivity index (χ4v) is 3.03. The van der Waals surface area contributed by atoms with E-state index < -0.39 is 23.7 Å². The summed E-state index contributed by atoms with van der Waals surface area (Å²) in [5.41, 5.74) is 3.30. The first-order valence-corrected chi connectivity index (χ1v) is 9.40. The Balaban J connectivity index is 2.19. The average molecular weight is 492 g/mol. The van der Waals surface area contributed by atoms with Gasteiger partial charge in [-0.15, -0.1) is 10.2 Å². The normalized spacial score (nSPS) is 11.9. The Morgan fingerprint density at radius 1 is 1.23 bits per heavy atom. The van der Waals surface area contributed by atoms with Crippen LogP contribution >= 0.6 is 34.8 Å². The van der Waals surface area contributed by atoms with Crippen molar-refractivity contribution < 1.29 is 23.8 Å². The lowest BCUT2D eigenvalue weighted by Gasteiger charge is -2.17. The van der Waals surface area contributed by atoms with Gasteiger partial charge in [-0.3, -0.25) is 10.1 Å². The number of anilines is 1. The second kappa shape index (κ2) is 9.93. The van der Waals surface area contributed by atoms with Crippen molar-refractivity contribution in [3.63, 3.8) is 0 Å². The maximum absolute atomic E-state index is 14.3. The van der Waals surface area contributed by atoms with Gasteiger partial charge < -0.3 is 15.3 Å². The monoisotopic (exact) mass is 490 g/mol. The molecule has 0 spiro atoms. The highest BCUT2D eigenvalue weighted by molar-refractivity contribution is 6.37. The quantitative estimate of drug-likeness (QED) is 0.421. The Hall–Kier alpha value is -2.91. The third-order valence-electron chi connectivity index (χ3n) is 3.55. The maximum Gasteiger partial charge on any atom is 0.411 e. The molecule has 0 aliphatic heterocycles. The summed E-state index contributed by atoms with van der Waals surface area (Å²) in [6, 6.07) is 3.98. The van der Waals surface area contributed by atoms with Crippen molar-refractivity contribution >= 4 is 52.5 Å². The van der Waals surface area contributed by atoms with Crippen LogP contribution in [0.2, 0.25) is 15.2 Å². The van der Waals surface area contributed by atoms with Crippen LogP contribution in [-0.4, -0.2) is 33.3 Å². The standard InChI is InChI=1S/C17H14Cl3FN6O4/c1-17(2,21)8-5-12(26-27-14(8)20)31-13-9(18)3-7(4-10(13)19)24-25-11(6-22)15(28)23-16(29)30/h3-5,11,24-25H,1-2H3,(H,23,28)(H,29,30). The minimum Gasteiger partial charge on any atom is -0.465 e. The molecule has 1 atom stereocenters. The number of ether oxygens (including phenoxy) is 1. The molecule has 0 radical (unpaired) electrons. The fraction of sp³-hybridized carbons (Fsp3) is 0.235. The minimum atomic E-state index is -1.80. The van der Waals surface area contributed by atoms with E-state index in [0.29, 0.717) is 0 Å². The summed E-state index contributed by atoms with van der Waals surface area (Å²) in [6.45, 7) is 2.58. The number of hydrogen-bond donors (Lipinski definition) is 4. The highest BCUT2D eigenvalue weighted by Gasteiger charge is 2.25. The summed E-state index contributed by atoms with van der Waals surface area (Å²) in [7, 11) is 0. The van der Waals surface area contributed by atoms with Gasteiger partial charge in [0, 0.05) is 11.6 Å². The van der Waals surface area contributed by atoms with Gasteiger partial charge in [-0.1, -0.05) is 34.8 Å². The van der Waals surface area contributed by atoms with Gasteiger partial charge in [0.1, 0.15) is 5.67 Å². The molecule has 2 aromatic rings. The number of carbonyl (C=O) groups is 2. The summed E-state index contributed by atoms with van der Waals surface area (Å²) in [5.74, 6) is -1.22. The largest absolute Gasteiger partial charge is 0.465 e. The molecule has 164 valence electrons. The molecule has 1 aromatic heterocycles. The molecule has 2 amide bonds. The van der Waals surface area contributed by atoms with E-state index in [2.05, 4.69) is 21.0 Å². The first kappa shape index (κ1) is 24.4. The highest BCUT2D eigenvalue weighted by atomic mass is 35.5. The lowest BCUT2D eigenvalue weighted by Crippen LogP contribution is -2.47. The van der Waals surface area contributed by atoms with Crippen molar-refractivity contribution in [3.05, 3.63) is 39.0 Å². The van der Waals surface area contributed by atoms with Crippen molar-refractivity contribution in [1.82, 2.24) is 20.9 Å².